The molecule has 0 aliphatic carbocycles. The lowest BCUT2D eigenvalue weighted by Crippen LogP contribution is -2.25. The van der Waals surface area contributed by atoms with Gasteiger partial charge in [0, 0.05) is 10.7 Å². The normalized spacial score (nSPS) is 10.7. The first-order valence-corrected chi connectivity index (χ1v) is 8.98. The van der Waals surface area contributed by atoms with Gasteiger partial charge < -0.3 is 10.4 Å². The number of hydrogen-bond donors (Lipinski definition) is 3. The van der Waals surface area contributed by atoms with Crippen LogP contribution in [0.3, 0.4) is 0 Å². The summed E-state index contributed by atoms with van der Waals surface area (Å²) in [4.78, 5) is 11.7. The highest BCUT2D eigenvalue weighted by molar-refractivity contribution is 14.1. The Morgan fingerprint density at radius 1 is 1.22 bits per heavy atom. The van der Waals surface area contributed by atoms with E-state index in [4.69, 9.17) is 11.6 Å². The van der Waals surface area contributed by atoms with Gasteiger partial charge in [0.25, 0.3) is 5.91 Å². The predicted molar refractivity (Wildman–Crippen MR) is 109 cm³/mol. The third-order valence-corrected chi connectivity index (χ3v) is 4.64. The Hall–Kier alpha value is -1.07. The molecule has 3 N–H and O–H groups in total. The summed E-state index contributed by atoms with van der Waals surface area (Å²) in [6.45, 7) is 0.101. The number of amides is 1. The molecule has 0 fully saturated rings. The fourth-order valence-electron chi connectivity index (χ4n) is 1.63. The Morgan fingerprint density at radius 2 is 1.83 bits per heavy atom. The second-order valence-electron chi connectivity index (χ2n) is 4.49. The Kier molecular flexibility index (Phi) is 6.90. The molecule has 2 aromatic rings. The third-order valence-electron chi connectivity index (χ3n) is 2.74. The van der Waals surface area contributed by atoms with E-state index >= 15 is 0 Å². The number of anilines is 1. The molecule has 0 aliphatic rings. The summed E-state index contributed by atoms with van der Waals surface area (Å²) in [5.41, 5.74) is 4.04. The highest BCUT2D eigenvalue weighted by atomic mass is 127. The van der Waals surface area contributed by atoms with Gasteiger partial charge in [-0.15, -0.1) is 0 Å². The monoisotopic (exact) mass is 555 g/mol. The van der Waals surface area contributed by atoms with Gasteiger partial charge in [-0.05, 0) is 87.1 Å². The lowest BCUT2D eigenvalue weighted by molar-refractivity contribution is -0.119. The van der Waals surface area contributed by atoms with Crippen LogP contribution in [-0.2, 0) is 4.79 Å². The number of hydrogen-bond acceptors (Lipinski definition) is 4. The number of hydrazone groups is 1. The maximum Gasteiger partial charge on any atom is 0.259 e. The van der Waals surface area contributed by atoms with Crippen LogP contribution in [0.25, 0.3) is 0 Å². The van der Waals surface area contributed by atoms with Gasteiger partial charge >= 0.3 is 0 Å². The van der Waals surface area contributed by atoms with Crippen LogP contribution in [0.1, 0.15) is 5.56 Å². The second-order valence-corrected chi connectivity index (χ2v) is 7.25. The molecule has 0 aliphatic heterocycles. The number of carbonyl (C=O) groups excluding carboxylic acids is 1. The number of phenolic OH excluding ortho intramolecular Hbond substituents is 1. The van der Waals surface area contributed by atoms with E-state index in [9.17, 15) is 9.90 Å². The first-order chi connectivity index (χ1) is 11.0. The average Bonchev–Trinajstić information content (AvgIpc) is 2.52. The molecule has 23 heavy (non-hydrogen) atoms. The standard InChI is InChI=1S/C15H12ClI2N3O2/c16-10-1-3-11(4-2-10)19-8-14(22)21-20-7-9-5-12(17)15(23)13(18)6-9/h1-7,19,23H,8H2,(H,21,22). The Bertz CT molecular complexity index is 713. The van der Waals surface area contributed by atoms with Crippen molar-refractivity contribution in [1.29, 1.82) is 0 Å². The van der Waals surface area contributed by atoms with Crippen molar-refractivity contribution in [1.82, 2.24) is 5.43 Å². The quantitative estimate of drug-likeness (QED) is 0.299. The molecule has 0 spiro atoms. The van der Waals surface area contributed by atoms with Gasteiger partial charge in [-0.25, -0.2) is 5.43 Å². The summed E-state index contributed by atoms with van der Waals surface area (Å²) in [6, 6.07) is 10.6. The van der Waals surface area contributed by atoms with Crippen molar-refractivity contribution in [3.05, 3.63) is 54.1 Å². The molecular weight excluding hydrogens is 543 g/mol. The van der Waals surface area contributed by atoms with Crippen LogP contribution in [-0.4, -0.2) is 23.8 Å². The fourth-order valence-corrected chi connectivity index (χ4v) is 3.57. The average molecular weight is 556 g/mol. The van der Waals surface area contributed by atoms with E-state index < -0.39 is 0 Å². The summed E-state index contributed by atoms with van der Waals surface area (Å²) >= 11 is 9.87. The summed E-state index contributed by atoms with van der Waals surface area (Å²) in [7, 11) is 0. The molecule has 0 saturated carbocycles. The van der Waals surface area contributed by atoms with Crippen LogP contribution in [0.5, 0.6) is 5.75 Å². The number of nitrogens with zero attached hydrogens (tertiary/aromatic N) is 1. The molecular formula is C15H12ClI2N3O2. The topological polar surface area (TPSA) is 73.7 Å². The maximum atomic E-state index is 11.7. The molecule has 120 valence electrons. The largest absolute Gasteiger partial charge is 0.506 e. The Morgan fingerprint density at radius 3 is 2.43 bits per heavy atom. The minimum atomic E-state index is -0.264. The molecule has 0 aromatic heterocycles. The number of phenols is 1. The van der Waals surface area contributed by atoms with E-state index in [1.54, 1.807) is 36.4 Å². The second kappa shape index (κ2) is 8.69. The van der Waals surface area contributed by atoms with Crippen LogP contribution >= 0.6 is 56.8 Å². The highest BCUT2D eigenvalue weighted by Gasteiger charge is 2.04. The van der Waals surface area contributed by atoms with Crippen molar-refractivity contribution in [3.63, 3.8) is 0 Å². The summed E-state index contributed by atoms with van der Waals surface area (Å²) in [5, 5.41) is 17.2. The molecule has 0 atom stereocenters. The SMILES string of the molecule is O=C(CNc1ccc(Cl)cc1)NN=Cc1cc(I)c(O)c(I)c1. The van der Waals surface area contributed by atoms with E-state index in [1.165, 1.54) is 6.21 Å². The molecule has 2 rings (SSSR count). The summed E-state index contributed by atoms with van der Waals surface area (Å²) < 4.78 is 1.46. The summed E-state index contributed by atoms with van der Waals surface area (Å²) in [5.74, 6) is -0.0149. The van der Waals surface area contributed by atoms with Gasteiger partial charge in [-0.1, -0.05) is 11.6 Å². The van der Waals surface area contributed by atoms with E-state index in [2.05, 4.69) is 15.8 Å². The molecule has 0 heterocycles. The van der Waals surface area contributed by atoms with Crippen LogP contribution < -0.4 is 10.7 Å². The minimum absolute atomic E-state index is 0.101. The smallest absolute Gasteiger partial charge is 0.259 e. The van der Waals surface area contributed by atoms with Crippen LogP contribution in [0.2, 0.25) is 5.02 Å². The maximum absolute atomic E-state index is 11.7. The molecule has 1 amide bonds. The Balaban J connectivity index is 1.85. The Labute approximate surface area is 165 Å². The minimum Gasteiger partial charge on any atom is -0.506 e. The van der Waals surface area contributed by atoms with E-state index in [-0.39, 0.29) is 18.2 Å². The first kappa shape index (κ1) is 18.3. The molecule has 8 heteroatoms. The molecule has 0 bridgehead atoms. The van der Waals surface area contributed by atoms with Crippen molar-refractivity contribution < 1.29 is 9.90 Å². The van der Waals surface area contributed by atoms with Crippen LogP contribution in [0.4, 0.5) is 5.69 Å². The molecule has 2 aromatic carbocycles. The van der Waals surface area contributed by atoms with Gasteiger partial charge in [0.1, 0.15) is 5.75 Å². The number of aromatic hydroxyl groups is 1. The van der Waals surface area contributed by atoms with Gasteiger partial charge in [-0.3, -0.25) is 4.79 Å². The number of benzene rings is 2. The zero-order valence-electron chi connectivity index (χ0n) is 11.7. The van der Waals surface area contributed by atoms with Crippen molar-refractivity contribution >= 4 is 74.6 Å². The van der Waals surface area contributed by atoms with Crippen molar-refractivity contribution in [2.75, 3.05) is 11.9 Å². The lowest BCUT2D eigenvalue weighted by Gasteiger charge is -2.05. The van der Waals surface area contributed by atoms with Gasteiger partial charge in [0.15, 0.2) is 0 Å². The number of nitrogens with one attached hydrogen (secondary N) is 2. The van der Waals surface area contributed by atoms with Gasteiger partial charge in [0.2, 0.25) is 0 Å². The third kappa shape index (κ3) is 5.81. The van der Waals surface area contributed by atoms with Gasteiger partial charge in [0.05, 0.1) is 19.9 Å². The van der Waals surface area contributed by atoms with E-state index in [0.29, 0.717) is 5.02 Å². The van der Waals surface area contributed by atoms with Crippen molar-refractivity contribution in [2.45, 2.75) is 0 Å². The number of halogens is 3. The number of rotatable bonds is 5. The molecule has 5 nitrogen and oxygen atoms in total. The zero-order valence-corrected chi connectivity index (χ0v) is 16.8. The van der Waals surface area contributed by atoms with Gasteiger partial charge in [-0.2, -0.15) is 5.10 Å². The molecule has 0 unspecified atom stereocenters. The lowest BCUT2D eigenvalue weighted by atomic mass is 10.2. The summed E-state index contributed by atoms with van der Waals surface area (Å²) in [6.07, 6.45) is 1.53. The molecule has 0 saturated heterocycles. The fraction of sp³-hybridized carbons (Fsp3) is 0.0667. The van der Waals surface area contributed by atoms with E-state index in [1.807, 2.05) is 45.2 Å². The van der Waals surface area contributed by atoms with Crippen molar-refractivity contribution in [2.24, 2.45) is 5.10 Å². The van der Waals surface area contributed by atoms with Crippen LogP contribution in [0, 0.1) is 7.14 Å². The van der Waals surface area contributed by atoms with E-state index in [0.717, 1.165) is 18.4 Å². The van der Waals surface area contributed by atoms with Crippen molar-refractivity contribution in [3.8, 4) is 5.75 Å². The highest BCUT2D eigenvalue weighted by Crippen LogP contribution is 2.26. The predicted octanol–water partition coefficient (Wildman–Crippen LogP) is 3.82. The van der Waals surface area contributed by atoms with Crippen LogP contribution in [0.15, 0.2) is 41.5 Å². The number of carbonyl (C=O) groups is 1. The molecule has 0 radical (unpaired) electrons. The first-order valence-electron chi connectivity index (χ1n) is 6.45. The zero-order chi connectivity index (χ0) is 16.8.